The maximum absolute atomic E-state index is 12.6. The highest BCUT2D eigenvalue weighted by Gasteiger charge is 2.26. The maximum Gasteiger partial charge on any atom is 0.408 e. The third-order valence-corrected chi connectivity index (χ3v) is 3.88. The van der Waals surface area contributed by atoms with Crippen molar-refractivity contribution in [2.75, 3.05) is 13.2 Å². The van der Waals surface area contributed by atoms with E-state index < -0.39 is 41.2 Å². The number of unbranched alkanes of at least 4 members (excludes halogenated alkanes) is 1. The molecule has 4 N–H and O–H groups in total. The zero-order valence-corrected chi connectivity index (χ0v) is 21.8. The molecule has 0 aliphatic carbocycles. The van der Waals surface area contributed by atoms with Gasteiger partial charge in [0.15, 0.2) is 0 Å². The number of carbonyl (C=O) groups excluding carboxylic acids is 2. The van der Waals surface area contributed by atoms with Crippen LogP contribution in [0.15, 0.2) is 0 Å². The molecule has 0 spiro atoms. The van der Waals surface area contributed by atoms with Crippen LogP contribution in [0.3, 0.4) is 0 Å². The lowest BCUT2D eigenvalue weighted by molar-refractivity contribution is -0.463. The molecule has 10 nitrogen and oxygen atoms in total. The van der Waals surface area contributed by atoms with E-state index in [9.17, 15) is 24.8 Å². The number of hydrogen-bond donors (Lipinski definition) is 4. The van der Waals surface area contributed by atoms with Crippen LogP contribution in [0.25, 0.3) is 0 Å². The first-order chi connectivity index (χ1) is 14.7. The van der Waals surface area contributed by atoms with Crippen molar-refractivity contribution >= 4 is 49.0 Å². The number of nitrogens with zero attached hydrogens (tertiary/aromatic N) is 1. The molecule has 0 bridgehead atoms. The number of hydrogen-bond acceptors (Lipinski definition) is 9. The number of nitrogens with one attached hydrogen (secondary N) is 3. The second-order valence-electron chi connectivity index (χ2n) is 8.62. The Morgan fingerprint density at radius 3 is 2.22 bits per heavy atom. The van der Waals surface area contributed by atoms with Gasteiger partial charge >= 0.3 is 6.09 Å². The highest BCUT2D eigenvalue weighted by molar-refractivity contribution is 8.37. The summed E-state index contributed by atoms with van der Waals surface area (Å²) in [6.07, 6.45) is 1.67. The van der Waals surface area contributed by atoms with Crippen molar-refractivity contribution in [3.63, 3.8) is 0 Å². The minimum absolute atomic E-state index is 0.0538. The van der Waals surface area contributed by atoms with E-state index in [0.29, 0.717) is 32.1 Å². The van der Waals surface area contributed by atoms with Crippen LogP contribution in [0.5, 0.6) is 0 Å². The van der Waals surface area contributed by atoms with E-state index in [2.05, 4.69) is 33.0 Å². The van der Waals surface area contributed by atoms with Crippen molar-refractivity contribution in [1.82, 2.24) is 10.6 Å². The fourth-order valence-corrected chi connectivity index (χ4v) is 2.63. The van der Waals surface area contributed by atoms with Crippen molar-refractivity contribution < 1.29 is 24.4 Å². The maximum atomic E-state index is 12.6. The summed E-state index contributed by atoms with van der Waals surface area (Å²) in [7, 11) is 0.917. The zero-order chi connectivity index (χ0) is 25.3. The smallest absolute Gasteiger partial charge is 0.408 e. The third-order valence-electron chi connectivity index (χ3n) is 3.88. The van der Waals surface area contributed by atoms with Crippen LogP contribution in [-0.4, -0.2) is 58.6 Å². The molecule has 0 aromatic heterocycles. The molecule has 2 amide bonds. The van der Waals surface area contributed by atoms with Crippen molar-refractivity contribution in [3.8, 4) is 0 Å². The summed E-state index contributed by atoms with van der Waals surface area (Å²) in [5.74, 6) is -0.245. The number of nitro groups is 1. The fourth-order valence-electron chi connectivity index (χ4n) is 2.63. The number of alkyl carbamates (subject to hydrolysis) is 1. The van der Waals surface area contributed by atoms with Gasteiger partial charge in [0, 0.05) is 36.2 Å². The van der Waals surface area contributed by atoms with Gasteiger partial charge in [0.1, 0.15) is 11.6 Å². The highest BCUT2D eigenvalue weighted by Crippen LogP contribution is 2.11. The van der Waals surface area contributed by atoms with Crippen molar-refractivity contribution in [3.05, 3.63) is 10.1 Å². The van der Waals surface area contributed by atoms with Gasteiger partial charge in [-0.25, -0.2) is 4.79 Å². The average Bonchev–Trinajstić information content (AvgIpc) is 2.61. The molecule has 32 heavy (non-hydrogen) atoms. The molecule has 0 aliphatic rings. The Morgan fingerprint density at radius 2 is 1.78 bits per heavy atom. The van der Waals surface area contributed by atoms with Crippen molar-refractivity contribution in [2.24, 2.45) is 5.92 Å². The first-order valence-corrected chi connectivity index (χ1v) is 12.9. The van der Waals surface area contributed by atoms with E-state index in [4.69, 9.17) is 10.1 Å². The molecule has 0 aromatic carbocycles. The second-order valence-corrected chi connectivity index (χ2v) is 10.4. The minimum atomic E-state index is -0.785. The molecule has 2 atom stereocenters. The van der Waals surface area contributed by atoms with Crippen LogP contribution in [0, 0.1) is 21.4 Å². The largest absolute Gasteiger partial charge is 0.444 e. The summed E-state index contributed by atoms with van der Waals surface area (Å²) in [5, 5.41) is 32.7. The van der Waals surface area contributed by atoms with Gasteiger partial charge in [-0.15, -0.1) is 0 Å². The minimum Gasteiger partial charge on any atom is -0.444 e. The Labute approximate surface area is 202 Å². The Morgan fingerprint density at radius 1 is 1.22 bits per heavy atom. The molecular weight excluding hydrogens is 476 g/mol. The van der Waals surface area contributed by atoms with Gasteiger partial charge in [-0.3, -0.25) is 14.9 Å². The van der Waals surface area contributed by atoms with Gasteiger partial charge in [-0.2, -0.15) is 0 Å². The first kappa shape index (κ1) is 32.6. The van der Waals surface area contributed by atoms with E-state index in [0.717, 1.165) is 8.88 Å². The molecule has 0 saturated carbocycles. The molecule has 0 aliphatic heterocycles. The first-order valence-electron chi connectivity index (χ1n) is 10.3. The predicted molar refractivity (Wildman–Crippen MR) is 132 cm³/mol. The van der Waals surface area contributed by atoms with E-state index in [1.807, 2.05) is 13.8 Å². The fraction of sp³-hybridized carbons (Fsp3) is 0.842. The van der Waals surface area contributed by atoms with Gasteiger partial charge in [-0.1, -0.05) is 20.3 Å². The van der Waals surface area contributed by atoms with E-state index >= 15 is 0 Å². The molecule has 0 aromatic rings. The number of aliphatic hydroxyl groups excluding tert-OH is 1. The van der Waals surface area contributed by atoms with E-state index in [1.54, 1.807) is 20.8 Å². The van der Waals surface area contributed by atoms with Crippen LogP contribution in [-0.2, 0) is 40.8 Å². The van der Waals surface area contributed by atoms with E-state index in [-0.39, 0.29) is 18.2 Å². The second kappa shape index (κ2) is 17.9. The summed E-state index contributed by atoms with van der Waals surface area (Å²) in [6, 6.07) is -1.28. The van der Waals surface area contributed by atoms with E-state index in [1.165, 1.54) is 0 Å². The average molecular weight is 513 g/mol. The lowest BCUT2D eigenvalue weighted by Gasteiger charge is -2.25. The van der Waals surface area contributed by atoms with Crippen LogP contribution >= 0.6 is 0 Å². The quantitative estimate of drug-likeness (QED) is 0.127. The van der Waals surface area contributed by atoms with Gasteiger partial charge in [0.05, 0.1) is 18.4 Å². The summed E-state index contributed by atoms with van der Waals surface area (Å²) in [5.41, 5.74) is -0.627. The molecular formula is C19H36N4O6S3. The topological polar surface area (TPSA) is 155 Å². The molecule has 0 radical (unpaired) electrons. The molecule has 0 saturated heterocycles. The molecule has 186 valence electrons. The summed E-state index contributed by atoms with van der Waals surface area (Å²) in [6.45, 7) is 8.33. The Bertz CT molecular complexity index is 649. The highest BCUT2D eigenvalue weighted by atomic mass is 33.1. The lowest BCUT2D eigenvalue weighted by Crippen LogP contribution is -2.51. The molecule has 0 rings (SSSR count). The third kappa shape index (κ3) is 20.3. The number of aliphatic hydroxyl groups is 1. The SMILES string of the molecule is CC(C)C[C@H](NC(=O)OC(C)(C)C)C(=O)N[C@H](CO)CCCCC(=N)C[N+](=O)[O-].S=S=S. The van der Waals surface area contributed by atoms with Crippen LogP contribution in [0.1, 0.15) is 66.7 Å². The standard InChI is InChI=1S/C19H36N4O6.S3/c1-13(2)10-16(22-18(26)29-19(3,4)5)17(25)21-15(12-24)9-7-6-8-14(20)11-23(27)28;1-3-2/h13,15-16,20,24H,6-12H2,1-5H3,(H,21,25)(H,22,26);/t15-,16-;/m0./s1. The van der Waals surface area contributed by atoms with Gasteiger partial charge in [0.2, 0.25) is 12.5 Å². The monoisotopic (exact) mass is 512 g/mol. The number of amides is 2. The number of ether oxygens (including phenoxy) is 1. The molecule has 0 heterocycles. The summed E-state index contributed by atoms with van der Waals surface area (Å²) < 4.78 is 5.21. The van der Waals surface area contributed by atoms with Crippen LogP contribution in [0.4, 0.5) is 4.79 Å². The zero-order valence-electron chi connectivity index (χ0n) is 19.3. The molecule has 0 fully saturated rings. The molecule has 0 unspecified atom stereocenters. The predicted octanol–water partition coefficient (Wildman–Crippen LogP) is 2.25. The normalized spacial score (nSPS) is 12.6. The van der Waals surface area contributed by atoms with Gasteiger partial charge in [0.25, 0.3) is 0 Å². The van der Waals surface area contributed by atoms with Crippen molar-refractivity contribution in [1.29, 1.82) is 5.41 Å². The van der Waals surface area contributed by atoms with Gasteiger partial charge in [-0.05, 0) is 52.4 Å². The summed E-state index contributed by atoms with van der Waals surface area (Å²) in [4.78, 5) is 34.5. The summed E-state index contributed by atoms with van der Waals surface area (Å²) >= 11 is 8.25. The lowest BCUT2D eigenvalue weighted by atomic mass is 10.0. The number of rotatable bonds is 13. The van der Waals surface area contributed by atoms with Crippen molar-refractivity contribution in [2.45, 2.75) is 84.4 Å². The number of carbonyl (C=O) groups is 2. The molecule has 13 heteroatoms. The van der Waals surface area contributed by atoms with Gasteiger partial charge < -0.3 is 25.9 Å². The Balaban J connectivity index is 0. The Hall–Kier alpha value is -1.57. The van der Waals surface area contributed by atoms with Crippen LogP contribution < -0.4 is 10.6 Å². The van der Waals surface area contributed by atoms with Crippen LogP contribution in [0.2, 0.25) is 0 Å². The Kier molecular flexibility index (Phi) is 18.3.